The average Bonchev–Trinajstić information content (AvgIpc) is 2.47. The summed E-state index contributed by atoms with van der Waals surface area (Å²) < 4.78 is 2.06. The molecule has 0 aliphatic rings. The van der Waals surface area contributed by atoms with Gasteiger partial charge in [-0.25, -0.2) is 0 Å². The number of rotatable bonds is 2. The molecular formula is C8H13N3S. The van der Waals surface area contributed by atoms with Crippen LogP contribution in [0.3, 0.4) is 0 Å². The van der Waals surface area contributed by atoms with Gasteiger partial charge in [-0.3, -0.25) is 0 Å². The highest BCUT2D eigenvalue weighted by Crippen LogP contribution is 1.97. The van der Waals surface area contributed by atoms with E-state index in [9.17, 15) is 0 Å². The first-order chi connectivity index (χ1) is 5.74. The Morgan fingerprint density at radius 1 is 1.67 bits per heavy atom. The monoisotopic (exact) mass is 183 g/mol. The molecule has 0 amide bonds. The molecule has 3 nitrogen and oxygen atoms in total. The van der Waals surface area contributed by atoms with E-state index in [2.05, 4.69) is 21.3 Å². The maximum absolute atomic E-state index is 4.94. The lowest BCUT2D eigenvalue weighted by atomic mass is 10.4. The van der Waals surface area contributed by atoms with Crippen molar-refractivity contribution in [1.29, 1.82) is 0 Å². The summed E-state index contributed by atoms with van der Waals surface area (Å²) in [5, 5.41) is 6.61. The Kier molecular flexibility index (Phi) is 3.10. The van der Waals surface area contributed by atoms with Crippen LogP contribution in [0.4, 0.5) is 0 Å². The number of aromatic nitrogens is 1. The van der Waals surface area contributed by atoms with E-state index in [1.165, 1.54) is 5.69 Å². The predicted octanol–water partition coefficient (Wildman–Crippen LogP) is 0.619. The van der Waals surface area contributed by atoms with E-state index < -0.39 is 0 Å². The van der Waals surface area contributed by atoms with Gasteiger partial charge in [0.2, 0.25) is 0 Å². The fraction of sp³-hybridized carbons (Fsp3) is 0.375. The number of nitrogens with one attached hydrogen (secondary N) is 2. The van der Waals surface area contributed by atoms with Crippen LogP contribution >= 0.6 is 12.2 Å². The zero-order valence-corrected chi connectivity index (χ0v) is 8.11. The van der Waals surface area contributed by atoms with Gasteiger partial charge in [0, 0.05) is 26.0 Å². The van der Waals surface area contributed by atoms with Crippen LogP contribution in [0.25, 0.3) is 0 Å². The van der Waals surface area contributed by atoms with Crippen molar-refractivity contribution < 1.29 is 0 Å². The fourth-order valence-electron chi connectivity index (χ4n) is 0.939. The molecule has 0 radical (unpaired) electrons. The van der Waals surface area contributed by atoms with E-state index in [1.807, 2.05) is 19.3 Å². The molecule has 0 saturated heterocycles. The van der Waals surface area contributed by atoms with E-state index in [4.69, 9.17) is 12.2 Å². The molecule has 12 heavy (non-hydrogen) atoms. The number of aryl methyl sites for hydroxylation is 1. The van der Waals surface area contributed by atoms with Gasteiger partial charge in [-0.1, -0.05) is 0 Å². The highest BCUT2D eigenvalue weighted by molar-refractivity contribution is 7.80. The Balaban J connectivity index is 2.43. The molecule has 0 unspecified atom stereocenters. The SMILES string of the molecule is CNC(=S)NCc1cccn1C. The molecule has 0 aliphatic carbocycles. The second-order valence-corrected chi connectivity index (χ2v) is 2.95. The van der Waals surface area contributed by atoms with Gasteiger partial charge >= 0.3 is 0 Å². The minimum Gasteiger partial charge on any atom is -0.366 e. The third-order valence-corrected chi connectivity index (χ3v) is 2.06. The van der Waals surface area contributed by atoms with Gasteiger partial charge in [0.1, 0.15) is 0 Å². The largest absolute Gasteiger partial charge is 0.366 e. The summed E-state index contributed by atoms with van der Waals surface area (Å²) in [5.74, 6) is 0. The standard InChI is InChI=1S/C8H13N3S/c1-9-8(12)10-6-7-4-3-5-11(7)2/h3-5H,6H2,1-2H3,(H2,9,10,12). The van der Waals surface area contributed by atoms with Crippen molar-refractivity contribution in [2.24, 2.45) is 7.05 Å². The van der Waals surface area contributed by atoms with Crippen molar-refractivity contribution in [1.82, 2.24) is 15.2 Å². The molecule has 0 spiro atoms. The van der Waals surface area contributed by atoms with Crippen LogP contribution < -0.4 is 10.6 Å². The van der Waals surface area contributed by atoms with Crippen molar-refractivity contribution in [3.05, 3.63) is 24.0 Å². The minimum absolute atomic E-state index is 0.677. The summed E-state index contributed by atoms with van der Waals surface area (Å²) in [6, 6.07) is 4.07. The molecule has 0 atom stereocenters. The Morgan fingerprint density at radius 3 is 2.92 bits per heavy atom. The van der Waals surface area contributed by atoms with Crippen LogP contribution in [0.5, 0.6) is 0 Å². The summed E-state index contributed by atoms with van der Waals surface area (Å²) >= 11 is 4.94. The third kappa shape index (κ3) is 2.23. The molecule has 1 rings (SSSR count). The molecule has 66 valence electrons. The second-order valence-electron chi connectivity index (χ2n) is 2.54. The maximum atomic E-state index is 4.94. The van der Waals surface area contributed by atoms with E-state index >= 15 is 0 Å². The zero-order valence-electron chi connectivity index (χ0n) is 7.29. The molecule has 1 heterocycles. The smallest absolute Gasteiger partial charge is 0.166 e. The molecule has 1 aromatic rings. The first kappa shape index (κ1) is 9.06. The van der Waals surface area contributed by atoms with Gasteiger partial charge in [0.15, 0.2) is 5.11 Å². The summed E-state index contributed by atoms with van der Waals surface area (Å²) in [6.07, 6.45) is 2.01. The maximum Gasteiger partial charge on any atom is 0.166 e. The van der Waals surface area contributed by atoms with Crippen LogP contribution in [0, 0.1) is 0 Å². The minimum atomic E-state index is 0.677. The Morgan fingerprint density at radius 2 is 2.42 bits per heavy atom. The van der Waals surface area contributed by atoms with Crippen LogP contribution in [0.15, 0.2) is 18.3 Å². The van der Waals surface area contributed by atoms with Gasteiger partial charge in [0.25, 0.3) is 0 Å². The van der Waals surface area contributed by atoms with E-state index in [0.29, 0.717) is 5.11 Å². The Hall–Kier alpha value is -1.03. The first-order valence-electron chi connectivity index (χ1n) is 3.80. The van der Waals surface area contributed by atoms with Crippen molar-refractivity contribution in [3.8, 4) is 0 Å². The highest BCUT2D eigenvalue weighted by atomic mass is 32.1. The molecule has 1 aromatic heterocycles. The van der Waals surface area contributed by atoms with Crippen molar-refractivity contribution in [2.45, 2.75) is 6.54 Å². The highest BCUT2D eigenvalue weighted by Gasteiger charge is 1.96. The van der Waals surface area contributed by atoms with Crippen LogP contribution in [0.1, 0.15) is 5.69 Å². The van der Waals surface area contributed by atoms with Crippen molar-refractivity contribution in [2.75, 3.05) is 7.05 Å². The van der Waals surface area contributed by atoms with E-state index in [0.717, 1.165) is 6.54 Å². The van der Waals surface area contributed by atoms with Crippen LogP contribution in [0.2, 0.25) is 0 Å². The van der Waals surface area contributed by atoms with E-state index in [1.54, 1.807) is 7.05 Å². The lowest BCUT2D eigenvalue weighted by molar-refractivity contribution is 0.774. The molecule has 2 N–H and O–H groups in total. The molecule has 0 aromatic carbocycles. The number of nitrogens with zero attached hydrogens (tertiary/aromatic N) is 1. The first-order valence-corrected chi connectivity index (χ1v) is 4.20. The lowest BCUT2D eigenvalue weighted by Crippen LogP contribution is -2.32. The van der Waals surface area contributed by atoms with Gasteiger partial charge in [-0.2, -0.15) is 0 Å². The zero-order chi connectivity index (χ0) is 8.97. The lowest BCUT2D eigenvalue weighted by Gasteiger charge is -2.07. The van der Waals surface area contributed by atoms with Gasteiger partial charge in [0.05, 0.1) is 6.54 Å². The Labute approximate surface area is 77.8 Å². The normalized spacial score (nSPS) is 9.50. The molecule has 0 bridgehead atoms. The second kappa shape index (κ2) is 4.11. The van der Waals surface area contributed by atoms with Crippen molar-refractivity contribution in [3.63, 3.8) is 0 Å². The topological polar surface area (TPSA) is 29.0 Å². The molecule has 4 heteroatoms. The quantitative estimate of drug-likeness (QED) is 0.659. The fourth-order valence-corrected chi connectivity index (χ4v) is 1.01. The molecule has 0 fully saturated rings. The average molecular weight is 183 g/mol. The van der Waals surface area contributed by atoms with Crippen LogP contribution in [-0.4, -0.2) is 16.7 Å². The van der Waals surface area contributed by atoms with Crippen molar-refractivity contribution >= 4 is 17.3 Å². The third-order valence-electron chi connectivity index (χ3n) is 1.71. The molecule has 0 saturated carbocycles. The van der Waals surface area contributed by atoms with Gasteiger partial charge < -0.3 is 15.2 Å². The molecular weight excluding hydrogens is 170 g/mol. The predicted molar refractivity (Wildman–Crippen MR) is 53.9 cm³/mol. The van der Waals surface area contributed by atoms with Gasteiger partial charge in [-0.05, 0) is 24.4 Å². The number of hydrogen-bond acceptors (Lipinski definition) is 1. The number of hydrogen-bond donors (Lipinski definition) is 2. The van der Waals surface area contributed by atoms with Crippen LogP contribution in [-0.2, 0) is 13.6 Å². The summed E-state index contributed by atoms with van der Waals surface area (Å²) in [5.41, 5.74) is 1.22. The van der Waals surface area contributed by atoms with Gasteiger partial charge in [-0.15, -0.1) is 0 Å². The van der Waals surface area contributed by atoms with E-state index in [-0.39, 0.29) is 0 Å². The summed E-state index contributed by atoms with van der Waals surface area (Å²) in [4.78, 5) is 0. The number of thiocarbonyl (C=S) groups is 1. The summed E-state index contributed by atoms with van der Waals surface area (Å²) in [7, 11) is 3.82. The summed E-state index contributed by atoms with van der Waals surface area (Å²) in [6.45, 7) is 0.767. The Bertz CT molecular complexity index is 267. The molecule has 0 aliphatic heterocycles.